The zero-order valence-corrected chi connectivity index (χ0v) is 14.7. The molecule has 2 rings (SSSR count). The molecule has 0 saturated heterocycles. The van der Waals surface area contributed by atoms with Crippen molar-refractivity contribution in [3.63, 3.8) is 0 Å². The number of carbonyl (C=O) groups is 2. The number of nitrogens with zero attached hydrogens (tertiary/aromatic N) is 1. The number of amides is 3. The second-order valence-electron chi connectivity index (χ2n) is 5.57. The number of carbonyl (C=O) groups excluding carboxylic acids is 2. The van der Waals surface area contributed by atoms with E-state index in [1.165, 1.54) is 4.90 Å². The summed E-state index contributed by atoms with van der Waals surface area (Å²) in [5.74, 6) is 0.587. The number of hydrogen-bond acceptors (Lipinski definition) is 3. The van der Waals surface area contributed by atoms with Crippen LogP contribution in [0, 0.1) is 6.92 Å². The van der Waals surface area contributed by atoms with Crippen LogP contribution in [0.3, 0.4) is 0 Å². The van der Waals surface area contributed by atoms with Gasteiger partial charge in [-0.3, -0.25) is 4.79 Å². The summed E-state index contributed by atoms with van der Waals surface area (Å²) in [6.45, 7) is 2.64. The smallest absolute Gasteiger partial charge is 0.321 e. The van der Waals surface area contributed by atoms with E-state index in [4.69, 9.17) is 4.74 Å². The Morgan fingerprint density at radius 1 is 1.08 bits per heavy atom. The van der Waals surface area contributed by atoms with Crippen molar-refractivity contribution in [3.05, 3.63) is 59.7 Å². The maximum absolute atomic E-state index is 12.3. The van der Waals surface area contributed by atoms with Crippen molar-refractivity contribution in [1.82, 2.24) is 10.2 Å². The van der Waals surface area contributed by atoms with Crippen LogP contribution in [0.15, 0.2) is 48.5 Å². The van der Waals surface area contributed by atoms with E-state index in [1.807, 2.05) is 30.3 Å². The number of benzene rings is 2. The van der Waals surface area contributed by atoms with Crippen molar-refractivity contribution >= 4 is 17.6 Å². The van der Waals surface area contributed by atoms with E-state index in [-0.39, 0.29) is 11.9 Å². The van der Waals surface area contributed by atoms with Crippen molar-refractivity contribution in [2.45, 2.75) is 6.92 Å². The zero-order valence-electron chi connectivity index (χ0n) is 14.7. The molecule has 0 atom stereocenters. The molecular weight excluding hydrogens is 318 g/mol. The normalized spacial score (nSPS) is 10.0. The molecule has 0 radical (unpaired) electrons. The average Bonchev–Trinajstić information content (AvgIpc) is 2.63. The van der Waals surface area contributed by atoms with Gasteiger partial charge in [-0.25, -0.2) is 4.79 Å². The largest absolute Gasteiger partial charge is 0.492 e. The Morgan fingerprint density at radius 2 is 1.80 bits per heavy atom. The monoisotopic (exact) mass is 341 g/mol. The average molecular weight is 341 g/mol. The van der Waals surface area contributed by atoms with Crippen LogP contribution in [-0.4, -0.2) is 44.1 Å². The van der Waals surface area contributed by atoms with Crippen LogP contribution in [-0.2, 0) is 0 Å². The highest BCUT2D eigenvalue weighted by atomic mass is 16.5. The lowest BCUT2D eigenvalue weighted by atomic mass is 10.1. The van der Waals surface area contributed by atoms with E-state index < -0.39 is 0 Å². The lowest BCUT2D eigenvalue weighted by Gasteiger charge is -2.19. The van der Waals surface area contributed by atoms with Crippen molar-refractivity contribution < 1.29 is 14.3 Å². The summed E-state index contributed by atoms with van der Waals surface area (Å²) in [5.41, 5.74) is 1.88. The first-order valence-electron chi connectivity index (χ1n) is 8.04. The summed E-state index contributed by atoms with van der Waals surface area (Å²) in [7, 11) is 3.27. The Balaban J connectivity index is 1.91. The fraction of sp³-hybridized carbons (Fsp3) is 0.263. The van der Waals surface area contributed by atoms with Crippen LogP contribution in [0.25, 0.3) is 0 Å². The summed E-state index contributed by atoms with van der Waals surface area (Å²) in [6, 6.07) is 14.4. The van der Waals surface area contributed by atoms with E-state index in [1.54, 1.807) is 39.2 Å². The lowest BCUT2D eigenvalue weighted by Crippen LogP contribution is -2.34. The van der Waals surface area contributed by atoms with E-state index in [0.717, 1.165) is 11.3 Å². The van der Waals surface area contributed by atoms with Gasteiger partial charge in [-0.1, -0.05) is 24.3 Å². The Bertz CT molecular complexity index is 732. The van der Waals surface area contributed by atoms with Gasteiger partial charge in [-0.15, -0.1) is 0 Å². The molecule has 6 heteroatoms. The summed E-state index contributed by atoms with van der Waals surface area (Å²) < 4.78 is 5.59. The van der Waals surface area contributed by atoms with Crippen LogP contribution in [0.2, 0.25) is 0 Å². The van der Waals surface area contributed by atoms with Gasteiger partial charge < -0.3 is 20.3 Å². The molecule has 0 aliphatic carbocycles. The van der Waals surface area contributed by atoms with Gasteiger partial charge in [0, 0.05) is 25.3 Å². The van der Waals surface area contributed by atoms with Gasteiger partial charge in [0.25, 0.3) is 5.91 Å². The fourth-order valence-corrected chi connectivity index (χ4v) is 2.28. The molecule has 2 aromatic rings. The number of para-hydroxylation sites is 1. The molecule has 0 spiro atoms. The van der Waals surface area contributed by atoms with Gasteiger partial charge in [-0.05, 0) is 36.8 Å². The van der Waals surface area contributed by atoms with Crippen molar-refractivity contribution in [2.24, 2.45) is 0 Å². The minimum Gasteiger partial charge on any atom is -0.492 e. The van der Waals surface area contributed by atoms with E-state index >= 15 is 0 Å². The third-order valence-electron chi connectivity index (χ3n) is 3.83. The number of ether oxygens (including phenoxy) is 1. The van der Waals surface area contributed by atoms with Crippen molar-refractivity contribution in [2.75, 3.05) is 32.6 Å². The fourth-order valence-electron chi connectivity index (χ4n) is 2.28. The Kier molecular flexibility index (Phi) is 6.39. The van der Waals surface area contributed by atoms with Crippen LogP contribution >= 0.6 is 0 Å². The number of urea groups is 1. The molecule has 2 N–H and O–H groups in total. The Morgan fingerprint density at radius 3 is 2.48 bits per heavy atom. The van der Waals surface area contributed by atoms with Crippen LogP contribution in [0.4, 0.5) is 10.5 Å². The van der Waals surface area contributed by atoms with Gasteiger partial charge in [0.2, 0.25) is 0 Å². The second kappa shape index (κ2) is 8.73. The number of hydrogen-bond donors (Lipinski definition) is 2. The Labute approximate surface area is 147 Å². The summed E-state index contributed by atoms with van der Waals surface area (Å²) >= 11 is 0. The molecule has 0 fully saturated rings. The molecular formula is C19H23N3O3. The summed E-state index contributed by atoms with van der Waals surface area (Å²) in [4.78, 5) is 25.7. The van der Waals surface area contributed by atoms with E-state index in [0.29, 0.717) is 24.4 Å². The predicted octanol–water partition coefficient (Wildman–Crippen LogP) is 2.90. The molecule has 0 saturated carbocycles. The summed E-state index contributed by atoms with van der Waals surface area (Å²) in [5, 5.41) is 5.42. The van der Waals surface area contributed by atoms with Crippen LogP contribution in [0.1, 0.15) is 15.9 Å². The number of anilines is 1. The summed E-state index contributed by atoms with van der Waals surface area (Å²) in [6.07, 6.45) is 0. The third-order valence-corrected chi connectivity index (χ3v) is 3.83. The molecule has 3 amide bonds. The second-order valence-corrected chi connectivity index (χ2v) is 5.57. The molecule has 0 bridgehead atoms. The first-order chi connectivity index (χ1) is 12.0. The van der Waals surface area contributed by atoms with Gasteiger partial charge in [0.1, 0.15) is 12.4 Å². The van der Waals surface area contributed by atoms with Crippen LogP contribution in [0.5, 0.6) is 5.75 Å². The highest BCUT2D eigenvalue weighted by molar-refractivity contribution is 5.98. The third kappa shape index (κ3) is 4.97. The highest BCUT2D eigenvalue weighted by Crippen LogP contribution is 2.19. The molecule has 6 nitrogen and oxygen atoms in total. The number of rotatable bonds is 6. The van der Waals surface area contributed by atoms with Gasteiger partial charge in [-0.2, -0.15) is 0 Å². The minimum atomic E-state index is -0.256. The maximum Gasteiger partial charge on any atom is 0.321 e. The Hall–Kier alpha value is -3.02. The molecule has 25 heavy (non-hydrogen) atoms. The molecule has 0 heterocycles. The standard InChI is InChI=1S/C19H23N3O3/c1-14-16(18(23)20-2)10-7-11-17(14)21-19(24)22(3)12-13-25-15-8-5-4-6-9-15/h4-11H,12-13H2,1-3H3,(H,20,23)(H,21,24). The van der Waals surface area contributed by atoms with E-state index in [2.05, 4.69) is 10.6 Å². The molecule has 2 aromatic carbocycles. The van der Waals surface area contributed by atoms with Gasteiger partial charge >= 0.3 is 6.03 Å². The predicted molar refractivity (Wildman–Crippen MR) is 98.2 cm³/mol. The zero-order chi connectivity index (χ0) is 18.2. The molecule has 132 valence electrons. The minimum absolute atomic E-state index is 0.182. The molecule has 0 aromatic heterocycles. The van der Waals surface area contributed by atoms with Crippen LogP contribution < -0.4 is 15.4 Å². The SMILES string of the molecule is CNC(=O)c1cccc(NC(=O)N(C)CCOc2ccccc2)c1C. The number of likely N-dealkylation sites (N-methyl/N-ethyl adjacent to an activating group) is 1. The van der Waals surface area contributed by atoms with Gasteiger partial charge in [0.15, 0.2) is 0 Å². The molecule has 0 unspecified atom stereocenters. The van der Waals surface area contributed by atoms with E-state index in [9.17, 15) is 9.59 Å². The lowest BCUT2D eigenvalue weighted by molar-refractivity contribution is 0.0962. The number of nitrogens with one attached hydrogen (secondary N) is 2. The molecule has 0 aliphatic rings. The first-order valence-corrected chi connectivity index (χ1v) is 8.04. The van der Waals surface area contributed by atoms with Gasteiger partial charge in [0.05, 0.1) is 6.54 Å². The highest BCUT2D eigenvalue weighted by Gasteiger charge is 2.14. The topological polar surface area (TPSA) is 70.7 Å². The molecule has 0 aliphatic heterocycles. The van der Waals surface area contributed by atoms with Crippen molar-refractivity contribution in [1.29, 1.82) is 0 Å². The first kappa shape index (κ1) is 18.3. The maximum atomic E-state index is 12.3. The quantitative estimate of drug-likeness (QED) is 0.849. The van der Waals surface area contributed by atoms with Crippen molar-refractivity contribution in [3.8, 4) is 5.75 Å².